The maximum absolute atomic E-state index is 13.6. The first-order valence-electron chi connectivity index (χ1n) is 14.5. The van der Waals surface area contributed by atoms with Crippen LogP contribution in [0.5, 0.6) is 0 Å². The highest BCUT2D eigenvalue weighted by Gasteiger charge is 2.22. The van der Waals surface area contributed by atoms with E-state index >= 15 is 0 Å². The Balaban J connectivity index is 1.91. The summed E-state index contributed by atoms with van der Waals surface area (Å²) in [4.78, 5) is 26.2. The van der Waals surface area contributed by atoms with Crippen LogP contribution in [-0.4, -0.2) is 58.2 Å². The van der Waals surface area contributed by atoms with Gasteiger partial charge in [0.15, 0.2) is 0 Å². The van der Waals surface area contributed by atoms with Crippen LogP contribution in [0.4, 0.5) is 5.69 Å². The molecule has 1 heterocycles. The molecule has 1 aliphatic rings. The molecule has 0 unspecified atom stereocenters. The molecule has 3 N–H and O–H groups in total. The Morgan fingerprint density at radius 1 is 1.05 bits per heavy atom. The summed E-state index contributed by atoms with van der Waals surface area (Å²) in [5, 5.41) is 9.42. The molecular weight excluding hydrogens is 524 g/mol. The SMILES string of the molecule is CCCN(c1cc2cc(c1)C(=O)N[C@H](CN[C@@H](C)C(=O)NCC(C)C)Cc1cccc(c1)CCCC2)S(C)(=O)=O. The molecule has 0 spiro atoms. The molecule has 9 heteroatoms. The lowest BCUT2D eigenvalue weighted by molar-refractivity contribution is -0.122. The van der Waals surface area contributed by atoms with Crippen LogP contribution in [0.3, 0.4) is 0 Å². The molecule has 3 rings (SSSR count). The Hall–Kier alpha value is -2.91. The van der Waals surface area contributed by atoms with Gasteiger partial charge in [0.05, 0.1) is 18.0 Å². The van der Waals surface area contributed by atoms with E-state index in [9.17, 15) is 18.0 Å². The van der Waals surface area contributed by atoms with E-state index in [-0.39, 0.29) is 17.9 Å². The minimum absolute atomic E-state index is 0.0722. The third kappa shape index (κ3) is 9.63. The summed E-state index contributed by atoms with van der Waals surface area (Å²) in [6.07, 6.45) is 6.10. The van der Waals surface area contributed by atoms with Gasteiger partial charge in [0, 0.05) is 31.2 Å². The quantitative estimate of drug-likeness (QED) is 0.403. The average molecular weight is 571 g/mol. The van der Waals surface area contributed by atoms with E-state index in [0.29, 0.717) is 49.6 Å². The average Bonchev–Trinajstić information content (AvgIpc) is 2.90. The van der Waals surface area contributed by atoms with Gasteiger partial charge in [-0.3, -0.25) is 13.9 Å². The minimum atomic E-state index is -3.50. The largest absolute Gasteiger partial charge is 0.354 e. The Morgan fingerprint density at radius 2 is 1.75 bits per heavy atom. The fourth-order valence-corrected chi connectivity index (χ4v) is 5.95. The number of carbonyl (C=O) groups is 2. The fraction of sp³-hybridized carbons (Fsp3) is 0.548. The molecule has 0 fully saturated rings. The molecule has 0 saturated heterocycles. The van der Waals surface area contributed by atoms with E-state index in [1.807, 2.05) is 26.0 Å². The third-order valence-electron chi connectivity index (χ3n) is 7.09. The number of hydrogen-bond acceptors (Lipinski definition) is 5. The Labute approximate surface area is 240 Å². The second-order valence-electron chi connectivity index (χ2n) is 11.4. The standard InChI is InChI=1S/C31H46N4O4S/c1-6-14-35(40(5,38)39)29-18-26-11-8-7-10-24-12-9-13-25(15-24)17-28(34-31(37)27(16-26)19-29)21-32-23(4)30(36)33-20-22(2)3/h9,12-13,15-16,18-19,22-23,28,32H,6-8,10-11,14,17,20-21H2,1-5H3,(H,33,36)(H,34,37)/t23-,28-/m0/s1. The van der Waals surface area contributed by atoms with Crippen LogP contribution < -0.4 is 20.3 Å². The molecule has 2 aromatic rings. The van der Waals surface area contributed by atoms with Crippen molar-refractivity contribution in [2.24, 2.45) is 5.92 Å². The highest BCUT2D eigenvalue weighted by atomic mass is 32.2. The van der Waals surface area contributed by atoms with Gasteiger partial charge >= 0.3 is 0 Å². The van der Waals surface area contributed by atoms with Crippen LogP contribution in [0.2, 0.25) is 0 Å². The van der Waals surface area contributed by atoms with Crippen molar-refractivity contribution in [1.82, 2.24) is 16.0 Å². The number of carbonyl (C=O) groups excluding carboxylic acids is 2. The van der Waals surface area contributed by atoms with E-state index in [4.69, 9.17) is 0 Å². The van der Waals surface area contributed by atoms with E-state index in [2.05, 4.69) is 54.1 Å². The van der Waals surface area contributed by atoms with Crippen molar-refractivity contribution in [3.05, 3.63) is 64.7 Å². The smallest absolute Gasteiger partial charge is 0.251 e. The Bertz CT molecular complexity index is 1260. The van der Waals surface area contributed by atoms with E-state index in [1.165, 1.54) is 16.1 Å². The van der Waals surface area contributed by atoms with Crippen LogP contribution in [0.15, 0.2) is 42.5 Å². The predicted molar refractivity (Wildman–Crippen MR) is 162 cm³/mol. The Kier molecular flexibility index (Phi) is 11.6. The van der Waals surface area contributed by atoms with Gasteiger partial charge in [0.25, 0.3) is 5.91 Å². The molecule has 2 atom stereocenters. The zero-order valence-corrected chi connectivity index (χ0v) is 25.4. The van der Waals surface area contributed by atoms with Crippen LogP contribution in [0.1, 0.15) is 74.0 Å². The number of fused-ring (bicyclic) bond motifs is 4. The van der Waals surface area contributed by atoms with Crippen LogP contribution in [0.25, 0.3) is 0 Å². The molecule has 0 aliphatic carbocycles. The van der Waals surface area contributed by atoms with Gasteiger partial charge in [0.2, 0.25) is 15.9 Å². The molecule has 1 aliphatic heterocycles. The number of nitrogens with one attached hydrogen (secondary N) is 3. The molecule has 2 aromatic carbocycles. The maximum atomic E-state index is 13.6. The second kappa shape index (κ2) is 14.6. The monoisotopic (exact) mass is 570 g/mol. The van der Waals surface area contributed by atoms with Crippen molar-refractivity contribution in [2.45, 2.75) is 78.3 Å². The van der Waals surface area contributed by atoms with E-state index in [0.717, 1.165) is 36.8 Å². The van der Waals surface area contributed by atoms with Gasteiger partial charge < -0.3 is 16.0 Å². The number of anilines is 1. The fourth-order valence-electron chi connectivity index (χ4n) is 4.95. The first-order valence-corrected chi connectivity index (χ1v) is 16.3. The third-order valence-corrected chi connectivity index (χ3v) is 8.29. The van der Waals surface area contributed by atoms with Crippen molar-refractivity contribution in [3.63, 3.8) is 0 Å². The number of sulfonamides is 1. The molecule has 220 valence electrons. The summed E-state index contributed by atoms with van der Waals surface area (Å²) in [7, 11) is -3.50. The first-order chi connectivity index (χ1) is 19.0. The topological polar surface area (TPSA) is 108 Å². The van der Waals surface area contributed by atoms with Crippen molar-refractivity contribution in [1.29, 1.82) is 0 Å². The van der Waals surface area contributed by atoms with E-state index < -0.39 is 16.1 Å². The summed E-state index contributed by atoms with van der Waals surface area (Å²) in [5.41, 5.74) is 4.29. The normalized spacial score (nSPS) is 17.1. The molecular formula is C31H46N4O4S. The lowest BCUT2D eigenvalue weighted by Crippen LogP contribution is -2.50. The molecule has 40 heavy (non-hydrogen) atoms. The van der Waals surface area contributed by atoms with Gasteiger partial charge in [-0.2, -0.15) is 0 Å². The van der Waals surface area contributed by atoms with Gasteiger partial charge in [-0.15, -0.1) is 0 Å². The summed E-state index contributed by atoms with van der Waals surface area (Å²) in [5.74, 6) is 0.0286. The second-order valence-corrected chi connectivity index (χ2v) is 13.3. The molecule has 0 radical (unpaired) electrons. The number of amides is 2. The van der Waals surface area contributed by atoms with E-state index in [1.54, 1.807) is 6.07 Å². The number of nitrogens with zero attached hydrogens (tertiary/aromatic N) is 1. The number of rotatable bonds is 10. The van der Waals surface area contributed by atoms with Crippen LogP contribution in [0, 0.1) is 5.92 Å². The van der Waals surface area contributed by atoms with Gasteiger partial charge in [-0.05, 0) is 86.3 Å². The summed E-state index contributed by atoms with van der Waals surface area (Å²) < 4.78 is 26.6. The van der Waals surface area contributed by atoms with Crippen molar-refractivity contribution in [2.75, 3.05) is 30.2 Å². The number of hydrogen-bond donors (Lipinski definition) is 3. The van der Waals surface area contributed by atoms with Crippen LogP contribution in [-0.2, 0) is 34.1 Å². The lowest BCUT2D eigenvalue weighted by atomic mass is 9.97. The van der Waals surface area contributed by atoms with Crippen LogP contribution >= 0.6 is 0 Å². The zero-order chi connectivity index (χ0) is 29.3. The predicted octanol–water partition coefficient (Wildman–Crippen LogP) is 3.83. The lowest BCUT2D eigenvalue weighted by Gasteiger charge is -2.25. The molecule has 0 saturated carbocycles. The maximum Gasteiger partial charge on any atom is 0.251 e. The molecule has 4 bridgehead atoms. The Morgan fingerprint density at radius 3 is 2.42 bits per heavy atom. The summed E-state index contributed by atoms with van der Waals surface area (Å²) >= 11 is 0. The van der Waals surface area contributed by atoms with Crippen molar-refractivity contribution in [3.8, 4) is 0 Å². The molecule has 8 nitrogen and oxygen atoms in total. The van der Waals surface area contributed by atoms with Crippen molar-refractivity contribution >= 4 is 27.5 Å². The highest BCUT2D eigenvalue weighted by Crippen LogP contribution is 2.24. The molecule has 0 aromatic heterocycles. The molecule has 2 amide bonds. The first kappa shape index (κ1) is 31.6. The van der Waals surface area contributed by atoms with Gasteiger partial charge in [-0.25, -0.2) is 8.42 Å². The number of benzene rings is 2. The van der Waals surface area contributed by atoms with Gasteiger partial charge in [-0.1, -0.05) is 45.0 Å². The summed E-state index contributed by atoms with van der Waals surface area (Å²) in [6, 6.07) is 13.2. The zero-order valence-electron chi connectivity index (χ0n) is 24.6. The minimum Gasteiger partial charge on any atom is -0.354 e. The highest BCUT2D eigenvalue weighted by molar-refractivity contribution is 7.92. The number of aryl methyl sites for hydroxylation is 2. The van der Waals surface area contributed by atoms with Gasteiger partial charge in [0.1, 0.15) is 0 Å². The van der Waals surface area contributed by atoms with Crippen molar-refractivity contribution < 1.29 is 18.0 Å². The summed E-state index contributed by atoms with van der Waals surface area (Å²) in [6.45, 7) is 9.23.